The molecule has 34 heavy (non-hydrogen) atoms. The van der Waals surface area contributed by atoms with Crippen molar-refractivity contribution in [2.45, 2.75) is 45.1 Å². The van der Waals surface area contributed by atoms with Crippen molar-refractivity contribution in [1.29, 1.82) is 0 Å². The summed E-state index contributed by atoms with van der Waals surface area (Å²) in [5, 5.41) is 10.8. The Kier molecular flexibility index (Phi) is 5.51. The van der Waals surface area contributed by atoms with Crippen molar-refractivity contribution in [3.8, 4) is 16.8 Å². The minimum Gasteiger partial charge on any atom is -0.444 e. The van der Waals surface area contributed by atoms with Crippen LogP contribution in [0, 0.1) is 5.82 Å². The molecule has 0 unspecified atom stereocenters. The number of carbonyl (C=O) groups is 1. The molecular formula is C24H25FN6O3. The van der Waals surface area contributed by atoms with Crippen LogP contribution < -0.4 is 0 Å². The van der Waals surface area contributed by atoms with E-state index in [9.17, 15) is 9.18 Å². The molecular weight excluding hydrogens is 439 g/mol. The van der Waals surface area contributed by atoms with Crippen molar-refractivity contribution in [3.63, 3.8) is 0 Å². The fraction of sp³-hybridized carbons (Fsp3) is 0.375. The fourth-order valence-electron chi connectivity index (χ4n) is 4.08. The summed E-state index contributed by atoms with van der Waals surface area (Å²) in [5.41, 5.74) is 2.70. The van der Waals surface area contributed by atoms with E-state index >= 15 is 0 Å². The van der Waals surface area contributed by atoms with E-state index in [1.807, 2.05) is 45.0 Å². The second-order valence-corrected chi connectivity index (χ2v) is 9.40. The Balaban J connectivity index is 1.31. The molecule has 0 spiro atoms. The van der Waals surface area contributed by atoms with Gasteiger partial charge in [-0.3, -0.25) is 0 Å². The van der Waals surface area contributed by atoms with Gasteiger partial charge in [-0.05, 0) is 79.4 Å². The molecule has 0 bridgehead atoms. The average Bonchev–Trinajstić information content (AvgIpc) is 3.47. The molecule has 0 N–H and O–H groups in total. The highest BCUT2D eigenvalue weighted by molar-refractivity contribution is 5.80. The molecule has 2 aromatic carbocycles. The van der Waals surface area contributed by atoms with E-state index in [0.29, 0.717) is 35.6 Å². The molecule has 0 radical (unpaired) electrons. The number of carbonyl (C=O) groups excluding carboxylic acids is 1. The number of halogens is 1. The Bertz CT molecular complexity index is 1320. The molecule has 2 aromatic heterocycles. The number of amides is 1. The zero-order valence-corrected chi connectivity index (χ0v) is 19.2. The quantitative estimate of drug-likeness (QED) is 0.432. The van der Waals surface area contributed by atoms with Crippen LogP contribution >= 0.6 is 0 Å². The summed E-state index contributed by atoms with van der Waals surface area (Å²) in [6.07, 6.45) is 2.57. The van der Waals surface area contributed by atoms with Crippen LogP contribution in [0.4, 0.5) is 9.18 Å². The summed E-state index contributed by atoms with van der Waals surface area (Å²) in [5.74, 6) is 0.362. The summed E-state index contributed by atoms with van der Waals surface area (Å²) in [4.78, 5) is 18.7. The number of aromatic nitrogens is 5. The lowest BCUT2D eigenvalue weighted by Crippen LogP contribution is -2.41. The average molecular weight is 465 g/mol. The van der Waals surface area contributed by atoms with Crippen LogP contribution in [0.25, 0.3) is 27.9 Å². The number of ether oxygens (including phenoxy) is 1. The number of rotatable bonds is 3. The predicted octanol–water partition coefficient (Wildman–Crippen LogP) is 4.72. The lowest BCUT2D eigenvalue weighted by molar-refractivity contribution is 0.0199. The molecule has 4 aromatic rings. The minimum absolute atomic E-state index is 0.127. The topological polar surface area (TPSA) is 99.2 Å². The van der Waals surface area contributed by atoms with Gasteiger partial charge in [0.05, 0.1) is 0 Å². The Morgan fingerprint density at radius 3 is 2.53 bits per heavy atom. The van der Waals surface area contributed by atoms with Gasteiger partial charge >= 0.3 is 6.09 Å². The number of nitrogens with zero attached hydrogens (tertiary/aromatic N) is 6. The highest BCUT2D eigenvalue weighted by Gasteiger charge is 2.29. The minimum atomic E-state index is -0.511. The number of tetrazole rings is 1. The van der Waals surface area contributed by atoms with Gasteiger partial charge in [0.1, 0.15) is 28.9 Å². The summed E-state index contributed by atoms with van der Waals surface area (Å²) >= 11 is 0. The van der Waals surface area contributed by atoms with Gasteiger partial charge in [0.25, 0.3) is 0 Å². The Morgan fingerprint density at radius 1 is 1.12 bits per heavy atom. The van der Waals surface area contributed by atoms with Gasteiger partial charge in [0, 0.05) is 19.0 Å². The van der Waals surface area contributed by atoms with E-state index in [1.165, 1.54) is 17.1 Å². The van der Waals surface area contributed by atoms with Crippen molar-refractivity contribution < 1.29 is 18.3 Å². The molecule has 1 amide bonds. The van der Waals surface area contributed by atoms with Gasteiger partial charge in [0.2, 0.25) is 0 Å². The first-order valence-electron chi connectivity index (χ1n) is 11.2. The third kappa shape index (κ3) is 4.48. The number of hydrogen-bond acceptors (Lipinski definition) is 7. The number of oxazole rings is 1. The van der Waals surface area contributed by atoms with Crippen molar-refractivity contribution >= 4 is 17.2 Å². The maximum atomic E-state index is 14.7. The van der Waals surface area contributed by atoms with Crippen molar-refractivity contribution in [3.05, 3.63) is 54.4 Å². The molecule has 0 aliphatic carbocycles. The summed E-state index contributed by atoms with van der Waals surface area (Å²) in [7, 11) is 0. The van der Waals surface area contributed by atoms with Crippen molar-refractivity contribution in [2.24, 2.45) is 0 Å². The molecule has 176 valence electrons. The number of piperidine rings is 1. The molecule has 1 saturated heterocycles. The molecule has 0 atom stereocenters. The molecule has 1 fully saturated rings. The number of likely N-dealkylation sites (tertiary alicyclic amines) is 1. The van der Waals surface area contributed by atoms with Gasteiger partial charge < -0.3 is 14.1 Å². The van der Waals surface area contributed by atoms with Crippen LogP contribution in [-0.2, 0) is 4.74 Å². The third-order valence-corrected chi connectivity index (χ3v) is 5.78. The number of fused-ring (bicyclic) bond motifs is 1. The smallest absolute Gasteiger partial charge is 0.410 e. The first-order chi connectivity index (χ1) is 16.3. The van der Waals surface area contributed by atoms with Crippen LogP contribution in [0.2, 0.25) is 0 Å². The van der Waals surface area contributed by atoms with E-state index in [4.69, 9.17) is 14.1 Å². The molecule has 9 nitrogen and oxygen atoms in total. The standard InChI is InChI=1S/C24H25FN6O3/c1-24(2,3)34-23(32)30-10-8-15(9-11-30)22-27-19-13-17(5-7-21(19)33-22)16-4-6-20(18(25)12-16)31-14-26-28-29-31/h4-7,12-15H,8-11H2,1-3H3. The summed E-state index contributed by atoms with van der Waals surface area (Å²) in [6.45, 7) is 6.77. The SMILES string of the molecule is CC(C)(C)OC(=O)N1CCC(c2nc3cc(-c4ccc(-n5cnnn5)c(F)c4)ccc3o2)CC1. The molecule has 10 heteroatoms. The molecule has 1 aliphatic rings. The highest BCUT2D eigenvalue weighted by atomic mass is 19.1. The highest BCUT2D eigenvalue weighted by Crippen LogP contribution is 2.32. The Labute approximate surface area is 195 Å². The number of benzene rings is 2. The van der Waals surface area contributed by atoms with Crippen molar-refractivity contribution in [1.82, 2.24) is 30.1 Å². The van der Waals surface area contributed by atoms with Gasteiger partial charge in [-0.2, -0.15) is 4.68 Å². The van der Waals surface area contributed by atoms with Crippen LogP contribution in [0.15, 0.2) is 47.1 Å². The first kappa shape index (κ1) is 22.0. The maximum Gasteiger partial charge on any atom is 0.410 e. The van der Waals surface area contributed by atoms with Gasteiger partial charge in [0.15, 0.2) is 11.5 Å². The van der Waals surface area contributed by atoms with Gasteiger partial charge in [-0.25, -0.2) is 14.2 Å². The third-order valence-electron chi connectivity index (χ3n) is 5.78. The second-order valence-electron chi connectivity index (χ2n) is 9.40. The van der Waals surface area contributed by atoms with E-state index in [0.717, 1.165) is 18.4 Å². The fourth-order valence-corrected chi connectivity index (χ4v) is 4.08. The monoisotopic (exact) mass is 464 g/mol. The molecule has 5 rings (SSSR count). The molecule has 0 saturated carbocycles. The van der Waals surface area contributed by atoms with Crippen LogP contribution in [-0.4, -0.2) is 54.9 Å². The second kappa shape index (κ2) is 8.51. The van der Waals surface area contributed by atoms with Crippen LogP contribution in [0.1, 0.15) is 45.4 Å². The van der Waals surface area contributed by atoms with E-state index in [2.05, 4.69) is 15.5 Å². The van der Waals surface area contributed by atoms with Gasteiger partial charge in [-0.15, -0.1) is 5.10 Å². The van der Waals surface area contributed by atoms with Crippen LogP contribution in [0.5, 0.6) is 0 Å². The zero-order valence-electron chi connectivity index (χ0n) is 19.2. The van der Waals surface area contributed by atoms with E-state index in [1.54, 1.807) is 11.0 Å². The number of hydrogen-bond donors (Lipinski definition) is 0. The van der Waals surface area contributed by atoms with Gasteiger partial charge in [-0.1, -0.05) is 12.1 Å². The lowest BCUT2D eigenvalue weighted by atomic mass is 9.97. The van der Waals surface area contributed by atoms with Crippen LogP contribution in [0.3, 0.4) is 0 Å². The zero-order chi connectivity index (χ0) is 23.9. The predicted molar refractivity (Wildman–Crippen MR) is 122 cm³/mol. The first-order valence-corrected chi connectivity index (χ1v) is 11.2. The normalized spacial score (nSPS) is 15.1. The lowest BCUT2D eigenvalue weighted by Gasteiger charge is -2.32. The maximum absolute atomic E-state index is 14.7. The van der Waals surface area contributed by atoms with E-state index < -0.39 is 11.4 Å². The summed E-state index contributed by atoms with van der Waals surface area (Å²) in [6, 6.07) is 10.5. The van der Waals surface area contributed by atoms with Crippen molar-refractivity contribution in [2.75, 3.05) is 13.1 Å². The molecule has 1 aliphatic heterocycles. The Morgan fingerprint density at radius 2 is 1.85 bits per heavy atom. The van der Waals surface area contributed by atoms with E-state index in [-0.39, 0.29) is 17.7 Å². The Hall–Kier alpha value is -3.82. The largest absolute Gasteiger partial charge is 0.444 e. The molecule has 3 heterocycles. The summed E-state index contributed by atoms with van der Waals surface area (Å²) < 4.78 is 27.4.